The molecule has 1 heterocycles. The second-order valence-corrected chi connectivity index (χ2v) is 6.01. The van der Waals surface area contributed by atoms with Crippen LogP contribution in [0.2, 0.25) is 0 Å². The smallest absolute Gasteiger partial charge is 0.320 e. The van der Waals surface area contributed by atoms with Gasteiger partial charge in [-0.2, -0.15) is 5.26 Å². The fourth-order valence-electron chi connectivity index (χ4n) is 2.96. The Morgan fingerprint density at radius 1 is 1.18 bits per heavy atom. The van der Waals surface area contributed by atoms with Crippen LogP contribution >= 0.6 is 0 Å². The molecule has 1 atom stereocenters. The standard InChI is InChI=1S/C18H25N3O/c1-16-14-20(15-17-10-6-5-7-11-17)18(22)21(16)13-9-4-2-3-8-12-19/h5-7,10-11,16H,2-4,8-9,13-15H2,1H3/t16-/m1/s1. The van der Waals surface area contributed by atoms with Crippen LogP contribution in [0, 0.1) is 11.3 Å². The van der Waals surface area contributed by atoms with Crippen molar-refractivity contribution in [1.82, 2.24) is 9.80 Å². The van der Waals surface area contributed by atoms with Crippen LogP contribution in [0.1, 0.15) is 44.6 Å². The van der Waals surface area contributed by atoms with Gasteiger partial charge in [0.1, 0.15) is 0 Å². The van der Waals surface area contributed by atoms with Crippen molar-refractivity contribution in [2.24, 2.45) is 0 Å². The topological polar surface area (TPSA) is 47.3 Å². The first-order valence-electron chi connectivity index (χ1n) is 8.19. The van der Waals surface area contributed by atoms with Gasteiger partial charge in [0.05, 0.1) is 6.07 Å². The van der Waals surface area contributed by atoms with Crippen LogP contribution < -0.4 is 0 Å². The summed E-state index contributed by atoms with van der Waals surface area (Å²) in [5, 5.41) is 8.51. The minimum Gasteiger partial charge on any atom is -0.320 e. The summed E-state index contributed by atoms with van der Waals surface area (Å²) in [5.74, 6) is 0. The van der Waals surface area contributed by atoms with E-state index in [1.54, 1.807) is 0 Å². The molecule has 1 saturated heterocycles. The molecule has 22 heavy (non-hydrogen) atoms. The van der Waals surface area contributed by atoms with Gasteiger partial charge in [-0.05, 0) is 25.3 Å². The van der Waals surface area contributed by atoms with E-state index in [9.17, 15) is 4.79 Å². The SMILES string of the molecule is C[C@@H]1CN(Cc2ccccc2)C(=O)N1CCCCCCC#N. The molecule has 4 nitrogen and oxygen atoms in total. The maximum absolute atomic E-state index is 12.5. The van der Waals surface area contributed by atoms with Crippen molar-refractivity contribution in [3.05, 3.63) is 35.9 Å². The molecule has 0 bridgehead atoms. The summed E-state index contributed by atoms with van der Waals surface area (Å²) in [6.45, 7) is 4.46. The van der Waals surface area contributed by atoms with E-state index in [2.05, 4.69) is 25.1 Å². The Morgan fingerprint density at radius 2 is 1.91 bits per heavy atom. The number of benzene rings is 1. The number of carbonyl (C=O) groups is 1. The zero-order valence-electron chi connectivity index (χ0n) is 13.4. The fourth-order valence-corrected chi connectivity index (χ4v) is 2.96. The third kappa shape index (κ3) is 4.49. The van der Waals surface area contributed by atoms with E-state index in [0.717, 1.165) is 38.8 Å². The molecule has 1 fully saturated rings. The lowest BCUT2D eigenvalue weighted by atomic mass is 10.1. The first kappa shape index (κ1) is 16.4. The van der Waals surface area contributed by atoms with Gasteiger partial charge in [0.2, 0.25) is 0 Å². The van der Waals surface area contributed by atoms with Gasteiger partial charge >= 0.3 is 6.03 Å². The zero-order valence-corrected chi connectivity index (χ0v) is 13.4. The van der Waals surface area contributed by atoms with E-state index in [0.29, 0.717) is 13.0 Å². The van der Waals surface area contributed by atoms with Crippen LogP contribution in [0.3, 0.4) is 0 Å². The summed E-state index contributed by atoms with van der Waals surface area (Å²) in [6, 6.07) is 12.8. The molecule has 1 aliphatic heterocycles. The Kier molecular flexibility index (Phi) is 6.27. The number of amides is 2. The van der Waals surface area contributed by atoms with Crippen LogP contribution in [-0.4, -0.2) is 35.0 Å². The van der Waals surface area contributed by atoms with Gasteiger partial charge in [-0.1, -0.05) is 43.2 Å². The fraction of sp³-hybridized carbons (Fsp3) is 0.556. The lowest BCUT2D eigenvalue weighted by molar-refractivity contribution is 0.185. The molecule has 0 N–H and O–H groups in total. The maximum Gasteiger partial charge on any atom is 0.320 e. The summed E-state index contributed by atoms with van der Waals surface area (Å²) in [6.07, 6.45) is 4.82. The maximum atomic E-state index is 12.5. The summed E-state index contributed by atoms with van der Waals surface area (Å²) in [5.41, 5.74) is 1.18. The number of hydrogen-bond acceptors (Lipinski definition) is 2. The van der Waals surface area contributed by atoms with Crippen molar-refractivity contribution in [3.63, 3.8) is 0 Å². The number of nitrogens with zero attached hydrogens (tertiary/aromatic N) is 3. The van der Waals surface area contributed by atoms with E-state index in [1.807, 2.05) is 28.0 Å². The first-order valence-corrected chi connectivity index (χ1v) is 8.19. The second-order valence-electron chi connectivity index (χ2n) is 6.01. The molecule has 1 aliphatic rings. The number of urea groups is 1. The van der Waals surface area contributed by atoms with E-state index in [4.69, 9.17) is 5.26 Å². The largest absolute Gasteiger partial charge is 0.320 e. The molecule has 0 aromatic heterocycles. The summed E-state index contributed by atoms with van der Waals surface area (Å²) in [4.78, 5) is 16.4. The van der Waals surface area contributed by atoms with Crippen LogP contribution in [0.4, 0.5) is 4.79 Å². The number of hydrogen-bond donors (Lipinski definition) is 0. The number of rotatable bonds is 8. The highest BCUT2D eigenvalue weighted by atomic mass is 16.2. The lowest BCUT2D eigenvalue weighted by Crippen LogP contribution is -2.34. The molecule has 1 aromatic carbocycles. The number of unbranched alkanes of at least 4 members (excludes halogenated alkanes) is 4. The third-order valence-electron chi connectivity index (χ3n) is 4.19. The van der Waals surface area contributed by atoms with E-state index in [-0.39, 0.29) is 12.1 Å². The molecule has 0 saturated carbocycles. The van der Waals surface area contributed by atoms with E-state index < -0.39 is 0 Å². The van der Waals surface area contributed by atoms with Crippen molar-refractivity contribution in [1.29, 1.82) is 5.26 Å². The minimum absolute atomic E-state index is 0.161. The molecule has 0 spiro atoms. The average molecular weight is 299 g/mol. The first-order chi connectivity index (χ1) is 10.7. The summed E-state index contributed by atoms with van der Waals surface area (Å²) >= 11 is 0. The van der Waals surface area contributed by atoms with E-state index in [1.165, 1.54) is 5.56 Å². The van der Waals surface area contributed by atoms with Gasteiger partial charge in [0.25, 0.3) is 0 Å². The molecular weight excluding hydrogens is 274 g/mol. The predicted molar refractivity (Wildman–Crippen MR) is 87.1 cm³/mol. The molecule has 4 heteroatoms. The van der Waals surface area contributed by atoms with Crippen molar-refractivity contribution in [2.75, 3.05) is 13.1 Å². The highest BCUT2D eigenvalue weighted by molar-refractivity contribution is 5.77. The summed E-state index contributed by atoms with van der Waals surface area (Å²) in [7, 11) is 0. The van der Waals surface area contributed by atoms with Crippen LogP contribution in [0.25, 0.3) is 0 Å². The van der Waals surface area contributed by atoms with Gasteiger partial charge in [-0.25, -0.2) is 4.79 Å². The molecule has 0 aliphatic carbocycles. The average Bonchev–Trinajstić information content (AvgIpc) is 2.79. The Hall–Kier alpha value is -2.02. The van der Waals surface area contributed by atoms with Crippen LogP contribution in [0.15, 0.2) is 30.3 Å². The second kappa shape index (κ2) is 8.43. The van der Waals surface area contributed by atoms with Gasteiger partial charge in [-0.3, -0.25) is 0 Å². The number of carbonyl (C=O) groups excluding carboxylic acids is 1. The normalized spacial score (nSPS) is 17.8. The van der Waals surface area contributed by atoms with Crippen molar-refractivity contribution >= 4 is 6.03 Å². The lowest BCUT2D eigenvalue weighted by Gasteiger charge is -2.20. The highest BCUT2D eigenvalue weighted by Crippen LogP contribution is 2.19. The molecule has 0 radical (unpaired) electrons. The van der Waals surface area contributed by atoms with Gasteiger partial charge < -0.3 is 9.80 Å². The van der Waals surface area contributed by atoms with Crippen molar-refractivity contribution in [2.45, 2.75) is 51.6 Å². The zero-order chi connectivity index (χ0) is 15.8. The Morgan fingerprint density at radius 3 is 2.64 bits per heavy atom. The predicted octanol–water partition coefficient (Wildman–Crippen LogP) is 3.79. The Balaban J connectivity index is 1.76. The van der Waals surface area contributed by atoms with E-state index >= 15 is 0 Å². The molecule has 2 rings (SSSR count). The van der Waals surface area contributed by atoms with Gasteiger partial charge in [-0.15, -0.1) is 0 Å². The van der Waals surface area contributed by atoms with Gasteiger partial charge in [0, 0.05) is 32.1 Å². The highest BCUT2D eigenvalue weighted by Gasteiger charge is 2.33. The summed E-state index contributed by atoms with van der Waals surface area (Å²) < 4.78 is 0. The quantitative estimate of drug-likeness (QED) is 0.686. The number of nitriles is 1. The van der Waals surface area contributed by atoms with Crippen molar-refractivity contribution in [3.8, 4) is 6.07 Å². The Labute approximate surface area is 133 Å². The Bertz CT molecular complexity index is 509. The monoisotopic (exact) mass is 299 g/mol. The van der Waals surface area contributed by atoms with Crippen LogP contribution in [0.5, 0.6) is 0 Å². The molecule has 2 amide bonds. The third-order valence-corrected chi connectivity index (χ3v) is 4.19. The minimum atomic E-state index is 0.161. The molecular formula is C18H25N3O. The molecule has 1 aromatic rings. The molecule has 0 unspecified atom stereocenters. The van der Waals surface area contributed by atoms with Crippen molar-refractivity contribution < 1.29 is 4.79 Å². The van der Waals surface area contributed by atoms with Crippen LogP contribution in [-0.2, 0) is 6.54 Å². The van der Waals surface area contributed by atoms with Gasteiger partial charge in [0.15, 0.2) is 0 Å². The molecule has 118 valence electrons.